The maximum atomic E-state index is 13.2. The highest BCUT2D eigenvalue weighted by atomic mass is 31.0. The number of hydrogen-bond donors (Lipinski definition) is 0. The van der Waals surface area contributed by atoms with E-state index in [0.717, 1.165) is 6.42 Å². The minimum absolute atomic E-state index is 0.615. The smallest absolute Gasteiger partial charge is 0.123 e. The summed E-state index contributed by atoms with van der Waals surface area (Å²) in [5, 5.41) is -0.992. The van der Waals surface area contributed by atoms with Gasteiger partial charge in [-0.05, 0) is 19.3 Å². The normalized spacial score (nSPS) is 16.4. The summed E-state index contributed by atoms with van der Waals surface area (Å²) in [6, 6.07) is 0. The Bertz CT molecular complexity index is 91.6. The first-order valence-electron chi connectivity index (χ1n) is 4.60. The van der Waals surface area contributed by atoms with Gasteiger partial charge in [0.25, 0.3) is 0 Å². The van der Waals surface area contributed by atoms with Gasteiger partial charge in [0.1, 0.15) is 5.41 Å². The molecule has 2 heteroatoms. The maximum absolute atomic E-state index is 13.2. The molecule has 0 aliphatic heterocycles. The minimum Gasteiger partial charge on any atom is -0.240 e. The van der Waals surface area contributed by atoms with E-state index in [0.29, 0.717) is 12.8 Å². The largest absolute Gasteiger partial charge is 0.240 e. The van der Waals surface area contributed by atoms with Gasteiger partial charge in [-0.15, -0.1) is 0 Å². The van der Waals surface area contributed by atoms with E-state index in [9.17, 15) is 4.39 Å². The lowest BCUT2D eigenvalue weighted by atomic mass is 10.1. The van der Waals surface area contributed by atoms with Gasteiger partial charge in [0.2, 0.25) is 0 Å². The topological polar surface area (TPSA) is 0 Å². The molecule has 11 heavy (non-hydrogen) atoms. The Balaban J connectivity index is 3.23. The highest BCUT2D eigenvalue weighted by Gasteiger charge is 2.18. The second-order valence-electron chi connectivity index (χ2n) is 3.20. The van der Waals surface area contributed by atoms with Gasteiger partial charge in [-0.2, -0.15) is 0 Å². The summed E-state index contributed by atoms with van der Waals surface area (Å²) in [5.74, 6) is 0. The molecule has 0 radical (unpaired) electrons. The molecule has 0 amide bonds. The highest BCUT2D eigenvalue weighted by molar-refractivity contribution is 7.18. The van der Waals surface area contributed by atoms with Crippen LogP contribution in [-0.4, -0.2) is 5.41 Å². The van der Waals surface area contributed by atoms with Crippen molar-refractivity contribution in [3.63, 3.8) is 0 Å². The third-order valence-electron chi connectivity index (χ3n) is 2.03. The van der Waals surface area contributed by atoms with Gasteiger partial charge in [-0.25, -0.2) is 4.39 Å². The van der Waals surface area contributed by atoms with Crippen molar-refractivity contribution in [2.75, 3.05) is 0 Å². The second-order valence-corrected chi connectivity index (χ2v) is 4.23. The monoisotopic (exact) mass is 178 g/mol. The lowest BCUT2D eigenvalue weighted by molar-refractivity contribution is 0.253. The maximum Gasteiger partial charge on any atom is 0.123 e. The molecule has 0 fully saturated rings. The summed E-state index contributed by atoms with van der Waals surface area (Å²) in [4.78, 5) is 0. The van der Waals surface area contributed by atoms with E-state index in [1.165, 1.54) is 19.3 Å². The van der Waals surface area contributed by atoms with Crippen LogP contribution in [0.15, 0.2) is 0 Å². The van der Waals surface area contributed by atoms with Crippen molar-refractivity contribution in [2.24, 2.45) is 0 Å². The molecular formula is C9H20FP. The Morgan fingerprint density at radius 1 is 1.18 bits per heavy atom. The third-order valence-corrected chi connectivity index (χ3v) is 2.73. The molecule has 0 aromatic heterocycles. The molecule has 68 valence electrons. The van der Waals surface area contributed by atoms with Crippen LogP contribution in [0.4, 0.5) is 4.39 Å². The Morgan fingerprint density at radius 2 is 1.82 bits per heavy atom. The van der Waals surface area contributed by atoms with Crippen LogP contribution in [0.2, 0.25) is 0 Å². The third kappa shape index (κ3) is 6.75. The highest BCUT2D eigenvalue weighted by Crippen LogP contribution is 2.30. The van der Waals surface area contributed by atoms with Crippen molar-refractivity contribution in [3.05, 3.63) is 0 Å². The fraction of sp³-hybridized carbons (Fsp3) is 1.00. The van der Waals surface area contributed by atoms with Crippen molar-refractivity contribution in [2.45, 2.75) is 57.8 Å². The molecule has 0 N–H and O–H groups in total. The molecule has 0 aromatic rings. The number of unbranched alkanes of at least 4 members (excludes halogenated alkanes) is 3. The van der Waals surface area contributed by atoms with Crippen molar-refractivity contribution in [3.8, 4) is 0 Å². The quantitative estimate of drug-likeness (QED) is 0.427. The fourth-order valence-electron chi connectivity index (χ4n) is 1.02. The molecule has 0 aliphatic rings. The Hall–Kier alpha value is 0.360. The summed E-state index contributed by atoms with van der Waals surface area (Å²) in [6.07, 6.45) is 5.99. The minimum atomic E-state index is -0.992. The predicted molar refractivity (Wildman–Crippen MR) is 52.6 cm³/mol. The van der Waals surface area contributed by atoms with E-state index in [-0.39, 0.29) is 0 Å². The van der Waals surface area contributed by atoms with Gasteiger partial charge in [-0.3, -0.25) is 0 Å². The van der Waals surface area contributed by atoms with Gasteiger partial charge in [0.05, 0.1) is 0 Å². The van der Waals surface area contributed by atoms with Crippen LogP contribution in [0.1, 0.15) is 52.4 Å². The van der Waals surface area contributed by atoms with Crippen LogP contribution in [0.25, 0.3) is 0 Å². The number of halogens is 1. The zero-order valence-electron chi connectivity index (χ0n) is 7.70. The van der Waals surface area contributed by atoms with Crippen molar-refractivity contribution < 1.29 is 4.39 Å². The summed E-state index contributed by atoms with van der Waals surface area (Å²) in [7, 11) is 2.31. The zero-order chi connectivity index (χ0) is 8.74. The molecule has 0 nitrogen and oxygen atoms in total. The van der Waals surface area contributed by atoms with Gasteiger partial charge in [0.15, 0.2) is 0 Å². The first-order valence-corrected chi connectivity index (χ1v) is 5.18. The average molecular weight is 178 g/mol. The average Bonchev–Trinajstić information content (AvgIpc) is 1.99. The van der Waals surface area contributed by atoms with Crippen LogP contribution in [0.3, 0.4) is 0 Å². The van der Waals surface area contributed by atoms with Crippen LogP contribution < -0.4 is 0 Å². The van der Waals surface area contributed by atoms with Gasteiger partial charge < -0.3 is 0 Å². The van der Waals surface area contributed by atoms with Crippen LogP contribution in [-0.2, 0) is 0 Å². The molecule has 0 bridgehead atoms. The van der Waals surface area contributed by atoms with Crippen molar-refractivity contribution >= 4 is 9.24 Å². The first-order chi connectivity index (χ1) is 5.12. The standard InChI is InChI=1S/C9H20FP/c1-3-5-6-7-8-9(10,11)4-2/h3-8,11H2,1-2H3. The Labute approximate surface area is 72.2 Å². The molecule has 0 heterocycles. The zero-order valence-corrected chi connectivity index (χ0v) is 8.85. The Kier molecular flexibility index (Phi) is 6.14. The first kappa shape index (κ1) is 11.4. The van der Waals surface area contributed by atoms with E-state index in [1.54, 1.807) is 0 Å². The molecule has 2 atom stereocenters. The van der Waals surface area contributed by atoms with E-state index in [2.05, 4.69) is 16.2 Å². The number of hydrogen-bond acceptors (Lipinski definition) is 0. The predicted octanol–water partition coefficient (Wildman–Crippen LogP) is 3.91. The summed E-state index contributed by atoms with van der Waals surface area (Å²) < 4.78 is 13.2. The van der Waals surface area contributed by atoms with Gasteiger partial charge >= 0.3 is 0 Å². The lowest BCUT2D eigenvalue weighted by Gasteiger charge is -2.17. The molecule has 0 spiro atoms. The number of rotatable bonds is 6. The van der Waals surface area contributed by atoms with E-state index < -0.39 is 5.41 Å². The van der Waals surface area contributed by atoms with Crippen molar-refractivity contribution in [1.82, 2.24) is 0 Å². The second kappa shape index (κ2) is 5.94. The van der Waals surface area contributed by atoms with Crippen LogP contribution >= 0.6 is 9.24 Å². The summed E-state index contributed by atoms with van der Waals surface area (Å²) >= 11 is 0. The molecule has 0 saturated heterocycles. The molecular weight excluding hydrogens is 158 g/mol. The SMILES string of the molecule is CCCCCCC(F)(P)CC. The van der Waals surface area contributed by atoms with E-state index in [4.69, 9.17) is 0 Å². The van der Waals surface area contributed by atoms with E-state index >= 15 is 0 Å². The van der Waals surface area contributed by atoms with Crippen LogP contribution in [0.5, 0.6) is 0 Å². The van der Waals surface area contributed by atoms with Gasteiger partial charge in [0, 0.05) is 0 Å². The molecule has 0 aliphatic carbocycles. The number of alkyl halides is 1. The van der Waals surface area contributed by atoms with Crippen molar-refractivity contribution in [1.29, 1.82) is 0 Å². The summed E-state index contributed by atoms with van der Waals surface area (Å²) in [5.41, 5.74) is 0. The lowest BCUT2D eigenvalue weighted by Crippen LogP contribution is -2.10. The molecule has 2 unspecified atom stereocenters. The Morgan fingerprint density at radius 3 is 2.27 bits per heavy atom. The summed E-state index contributed by atoms with van der Waals surface area (Å²) in [6.45, 7) is 4.07. The molecule has 0 rings (SSSR count). The van der Waals surface area contributed by atoms with Gasteiger partial charge in [-0.1, -0.05) is 42.3 Å². The molecule has 0 aromatic carbocycles. The molecule has 0 saturated carbocycles. The van der Waals surface area contributed by atoms with Crippen LogP contribution in [0, 0.1) is 0 Å². The van der Waals surface area contributed by atoms with E-state index in [1.807, 2.05) is 6.92 Å². The fourth-order valence-corrected chi connectivity index (χ4v) is 1.23.